The third-order valence-corrected chi connectivity index (χ3v) is 3.41. The van der Waals surface area contributed by atoms with Crippen molar-refractivity contribution < 1.29 is 13.9 Å². The molecule has 2 aromatic heterocycles. The van der Waals surface area contributed by atoms with Crippen molar-refractivity contribution in [3.8, 4) is 0 Å². The van der Waals surface area contributed by atoms with Crippen molar-refractivity contribution in [2.75, 3.05) is 13.7 Å². The lowest BCUT2D eigenvalue weighted by Crippen LogP contribution is -2.15. The molecule has 2 aromatic rings. The number of carbonyl (C=O) groups excluding carboxylic acids is 1. The van der Waals surface area contributed by atoms with Crippen LogP contribution in [0.5, 0.6) is 0 Å². The standard InChI is InChI=1S/C13H15NO3S/c1-16-13(15)12-5-4-10(17-12)9-14-7-6-11-3-2-8-18-11/h2-5,8,14H,6-7,9H2,1H3. The van der Waals surface area contributed by atoms with Crippen LogP contribution in [0, 0.1) is 0 Å². The summed E-state index contributed by atoms with van der Waals surface area (Å²) >= 11 is 1.76. The minimum absolute atomic E-state index is 0.243. The lowest BCUT2D eigenvalue weighted by Gasteiger charge is -2.01. The summed E-state index contributed by atoms with van der Waals surface area (Å²) in [5.41, 5.74) is 0. The predicted molar refractivity (Wildman–Crippen MR) is 69.8 cm³/mol. The van der Waals surface area contributed by atoms with Crippen LogP contribution in [0.3, 0.4) is 0 Å². The van der Waals surface area contributed by atoms with E-state index in [4.69, 9.17) is 4.42 Å². The van der Waals surface area contributed by atoms with Gasteiger partial charge in [0.2, 0.25) is 5.76 Å². The maximum absolute atomic E-state index is 11.2. The summed E-state index contributed by atoms with van der Waals surface area (Å²) in [6, 6.07) is 7.58. The van der Waals surface area contributed by atoms with Crippen LogP contribution in [-0.4, -0.2) is 19.6 Å². The normalized spacial score (nSPS) is 10.5. The predicted octanol–water partition coefficient (Wildman–Crippen LogP) is 2.46. The van der Waals surface area contributed by atoms with Gasteiger partial charge in [-0.1, -0.05) is 6.07 Å². The topological polar surface area (TPSA) is 51.5 Å². The number of hydrogen-bond acceptors (Lipinski definition) is 5. The van der Waals surface area contributed by atoms with Gasteiger partial charge in [0.05, 0.1) is 13.7 Å². The van der Waals surface area contributed by atoms with Crippen molar-refractivity contribution in [1.29, 1.82) is 0 Å². The lowest BCUT2D eigenvalue weighted by molar-refractivity contribution is 0.0563. The Kier molecular flexibility index (Phi) is 4.55. The summed E-state index contributed by atoms with van der Waals surface area (Å²) in [6.07, 6.45) is 1.00. The van der Waals surface area contributed by atoms with Crippen LogP contribution in [0.2, 0.25) is 0 Å². The zero-order valence-electron chi connectivity index (χ0n) is 10.1. The lowest BCUT2D eigenvalue weighted by atomic mass is 10.3. The number of rotatable bonds is 6. The maximum atomic E-state index is 11.2. The quantitative estimate of drug-likeness (QED) is 0.644. The van der Waals surface area contributed by atoms with Gasteiger partial charge in [-0.3, -0.25) is 0 Å². The molecular formula is C13H15NO3S. The van der Waals surface area contributed by atoms with Gasteiger partial charge in [-0.25, -0.2) is 4.79 Å². The summed E-state index contributed by atoms with van der Waals surface area (Å²) in [7, 11) is 1.34. The van der Waals surface area contributed by atoms with Crippen molar-refractivity contribution in [2.24, 2.45) is 0 Å². The molecule has 0 aliphatic heterocycles. The zero-order valence-corrected chi connectivity index (χ0v) is 11.0. The highest BCUT2D eigenvalue weighted by Crippen LogP contribution is 2.10. The second-order valence-electron chi connectivity index (χ2n) is 3.76. The molecule has 0 saturated carbocycles. The number of carbonyl (C=O) groups is 1. The SMILES string of the molecule is COC(=O)c1ccc(CNCCc2cccs2)o1. The number of furan rings is 1. The van der Waals surface area contributed by atoms with E-state index in [-0.39, 0.29) is 5.76 Å². The number of thiophene rings is 1. The number of methoxy groups -OCH3 is 1. The van der Waals surface area contributed by atoms with E-state index >= 15 is 0 Å². The van der Waals surface area contributed by atoms with Crippen LogP contribution in [0.4, 0.5) is 0 Å². The van der Waals surface area contributed by atoms with Gasteiger partial charge in [0.25, 0.3) is 0 Å². The molecule has 5 heteroatoms. The molecular weight excluding hydrogens is 250 g/mol. The summed E-state index contributed by atoms with van der Waals surface area (Å²) in [5.74, 6) is 0.536. The highest BCUT2D eigenvalue weighted by atomic mass is 32.1. The molecule has 1 N–H and O–H groups in total. The highest BCUT2D eigenvalue weighted by Gasteiger charge is 2.10. The molecule has 4 nitrogen and oxygen atoms in total. The summed E-state index contributed by atoms with van der Waals surface area (Å²) in [6.45, 7) is 1.50. The van der Waals surface area contributed by atoms with E-state index < -0.39 is 5.97 Å². The van der Waals surface area contributed by atoms with E-state index in [1.807, 2.05) is 0 Å². The molecule has 0 spiro atoms. The molecule has 0 unspecified atom stereocenters. The van der Waals surface area contributed by atoms with Crippen molar-refractivity contribution >= 4 is 17.3 Å². The van der Waals surface area contributed by atoms with Crippen molar-refractivity contribution in [2.45, 2.75) is 13.0 Å². The first-order valence-electron chi connectivity index (χ1n) is 5.69. The Labute approximate surface area is 110 Å². The van der Waals surface area contributed by atoms with E-state index in [0.29, 0.717) is 6.54 Å². The molecule has 0 amide bonds. The molecule has 0 fully saturated rings. The van der Waals surface area contributed by atoms with Crippen LogP contribution >= 0.6 is 11.3 Å². The fourth-order valence-electron chi connectivity index (χ4n) is 1.56. The number of ether oxygens (including phenoxy) is 1. The van der Waals surface area contributed by atoms with Crippen molar-refractivity contribution in [3.05, 3.63) is 46.0 Å². The van der Waals surface area contributed by atoms with Gasteiger partial charge in [0, 0.05) is 11.4 Å². The molecule has 0 saturated heterocycles. The summed E-state index contributed by atoms with van der Waals surface area (Å²) in [5, 5.41) is 5.34. The molecule has 2 heterocycles. The molecule has 2 rings (SSSR count). The van der Waals surface area contributed by atoms with Gasteiger partial charge in [-0.15, -0.1) is 11.3 Å². The van der Waals surface area contributed by atoms with Gasteiger partial charge >= 0.3 is 5.97 Å². The molecule has 18 heavy (non-hydrogen) atoms. The van der Waals surface area contributed by atoms with E-state index in [9.17, 15) is 4.79 Å². The maximum Gasteiger partial charge on any atom is 0.373 e. The van der Waals surface area contributed by atoms with Crippen LogP contribution in [0.1, 0.15) is 21.2 Å². The average Bonchev–Trinajstić information content (AvgIpc) is 3.05. The molecule has 0 atom stereocenters. The van der Waals surface area contributed by atoms with Gasteiger partial charge in [-0.2, -0.15) is 0 Å². The van der Waals surface area contributed by atoms with Crippen molar-refractivity contribution in [3.63, 3.8) is 0 Å². The molecule has 0 aliphatic carbocycles. The molecule has 0 radical (unpaired) electrons. The Bertz CT molecular complexity index is 490. The van der Waals surface area contributed by atoms with Crippen LogP contribution < -0.4 is 5.32 Å². The molecule has 0 bridgehead atoms. The minimum Gasteiger partial charge on any atom is -0.463 e. The Balaban J connectivity index is 1.73. The first-order valence-corrected chi connectivity index (χ1v) is 6.57. The fraction of sp³-hybridized carbons (Fsp3) is 0.308. The van der Waals surface area contributed by atoms with E-state index in [0.717, 1.165) is 18.7 Å². The van der Waals surface area contributed by atoms with Gasteiger partial charge in [0.15, 0.2) is 0 Å². The molecule has 0 aromatic carbocycles. The number of hydrogen-bond donors (Lipinski definition) is 1. The smallest absolute Gasteiger partial charge is 0.373 e. The van der Waals surface area contributed by atoms with E-state index in [1.165, 1.54) is 12.0 Å². The van der Waals surface area contributed by atoms with Crippen molar-refractivity contribution in [1.82, 2.24) is 5.32 Å². The van der Waals surface area contributed by atoms with E-state index in [1.54, 1.807) is 23.5 Å². The largest absolute Gasteiger partial charge is 0.463 e. The fourth-order valence-corrected chi connectivity index (χ4v) is 2.27. The van der Waals surface area contributed by atoms with Crippen LogP contribution in [0.25, 0.3) is 0 Å². The Morgan fingerprint density at radius 1 is 1.44 bits per heavy atom. The monoisotopic (exact) mass is 265 g/mol. The molecule has 96 valence electrons. The minimum atomic E-state index is -0.445. The van der Waals surface area contributed by atoms with Gasteiger partial charge < -0.3 is 14.5 Å². The van der Waals surface area contributed by atoms with Gasteiger partial charge in [-0.05, 0) is 30.0 Å². The first-order chi connectivity index (χ1) is 8.79. The number of nitrogens with one attached hydrogen (secondary N) is 1. The summed E-state index contributed by atoms with van der Waals surface area (Å²) < 4.78 is 9.91. The highest BCUT2D eigenvalue weighted by molar-refractivity contribution is 7.09. The number of esters is 1. The first kappa shape index (κ1) is 12.9. The second-order valence-corrected chi connectivity index (χ2v) is 4.80. The average molecular weight is 265 g/mol. The van der Waals surface area contributed by atoms with Gasteiger partial charge in [0.1, 0.15) is 5.76 Å². The van der Waals surface area contributed by atoms with Crippen LogP contribution in [0.15, 0.2) is 34.1 Å². The Hall–Kier alpha value is -1.59. The molecule has 0 aliphatic rings. The zero-order chi connectivity index (χ0) is 12.8. The Morgan fingerprint density at radius 2 is 2.33 bits per heavy atom. The Morgan fingerprint density at radius 3 is 3.06 bits per heavy atom. The van der Waals surface area contributed by atoms with E-state index in [2.05, 4.69) is 27.6 Å². The summed E-state index contributed by atoms with van der Waals surface area (Å²) in [4.78, 5) is 12.5. The second kappa shape index (κ2) is 6.37. The third kappa shape index (κ3) is 3.45. The third-order valence-electron chi connectivity index (χ3n) is 2.48. The van der Waals surface area contributed by atoms with Crippen LogP contribution in [-0.2, 0) is 17.7 Å².